The third-order valence-electron chi connectivity index (χ3n) is 5.63. The standard InChI is InChI=1S/C20H29N3O3/c1-22-10-12-23(13-11-22)14-15-2-4-16(5-3-15)19(24)21-18-8-6-17(7-9-18)20(25)26/h2-5,17-18H,6-14H2,1H3,(H,21,24)(H,25,26). The Balaban J connectivity index is 1.47. The van der Waals surface area contributed by atoms with Gasteiger partial charge in [-0.3, -0.25) is 14.5 Å². The quantitative estimate of drug-likeness (QED) is 0.839. The van der Waals surface area contributed by atoms with E-state index in [0.717, 1.165) is 45.6 Å². The number of carboxylic acids is 1. The van der Waals surface area contributed by atoms with Crippen LogP contribution in [0.25, 0.3) is 0 Å². The largest absolute Gasteiger partial charge is 0.481 e. The van der Waals surface area contributed by atoms with Gasteiger partial charge in [-0.05, 0) is 50.4 Å². The number of hydrogen-bond acceptors (Lipinski definition) is 4. The fourth-order valence-electron chi connectivity index (χ4n) is 3.78. The summed E-state index contributed by atoms with van der Waals surface area (Å²) in [5.41, 5.74) is 1.90. The highest BCUT2D eigenvalue weighted by Gasteiger charge is 2.26. The maximum absolute atomic E-state index is 12.4. The Kier molecular flexibility index (Phi) is 6.27. The van der Waals surface area contributed by atoms with Crippen LogP contribution in [0.4, 0.5) is 0 Å². The van der Waals surface area contributed by atoms with Gasteiger partial charge in [0.1, 0.15) is 0 Å². The molecule has 1 aromatic rings. The first-order valence-electron chi connectivity index (χ1n) is 9.55. The van der Waals surface area contributed by atoms with E-state index in [2.05, 4.69) is 22.2 Å². The summed E-state index contributed by atoms with van der Waals surface area (Å²) in [5.74, 6) is -1.03. The lowest BCUT2D eigenvalue weighted by atomic mass is 9.86. The highest BCUT2D eigenvalue weighted by Crippen LogP contribution is 2.24. The Morgan fingerprint density at radius 3 is 2.23 bits per heavy atom. The number of likely N-dealkylation sites (N-methyl/N-ethyl adjacent to an activating group) is 1. The van der Waals surface area contributed by atoms with Gasteiger partial charge in [-0.1, -0.05) is 12.1 Å². The Bertz CT molecular complexity index is 616. The fraction of sp³-hybridized carbons (Fsp3) is 0.600. The van der Waals surface area contributed by atoms with E-state index in [0.29, 0.717) is 18.4 Å². The van der Waals surface area contributed by atoms with Crippen LogP contribution in [0.5, 0.6) is 0 Å². The molecule has 2 fully saturated rings. The number of piperazine rings is 1. The Morgan fingerprint density at radius 2 is 1.65 bits per heavy atom. The van der Waals surface area contributed by atoms with Gasteiger partial charge in [0.2, 0.25) is 0 Å². The van der Waals surface area contributed by atoms with Crippen molar-refractivity contribution >= 4 is 11.9 Å². The maximum Gasteiger partial charge on any atom is 0.306 e. The van der Waals surface area contributed by atoms with Gasteiger partial charge in [-0.15, -0.1) is 0 Å². The minimum absolute atomic E-state index is 0.0603. The van der Waals surface area contributed by atoms with Gasteiger partial charge in [-0.2, -0.15) is 0 Å². The highest BCUT2D eigenvalue weighted by atomic mass is 16.4. The van der Waals surface area contributed by atoms with Crippen LogP contribution in [-0.4, -0.2) is 66.1 Å². The normalized spacial score (nSPS) is 25.0. The molecule has 0 aromatic heterocycles. The van der Waals surface area contributed by atoms with Crippen LogP contribution >= 0.6 is 0 Å². The molecule has 3 rings (SSSR count). The number of carbonyl (C=O) groups is 2. The first-order chi connectivity index (χ1) is 12.5. The second-order valence-corrected chi connectivity index (χ2v) is 7.64. The van der Waals surface area contributed by atoms with Crippen molar-refractivity contribution < 1.29 is 14.7 Å². The molecular weight excluding hydrogens is 330 g/mol. The zero-order valence-corrected chi connectivity index (χ0v) is 15.5. The molecule has 1 saturated heterocycles. The number of nitrogens with one attached hydrogen (secondary N) is 1. The Morgan fingerprint density at radius 1 is 1.04 bits per heavy atom. The lowest BCUT2D eigenvalue weighted by molar-refractivity contribution is -0.142. The minimum atomic E-state index is -0.717. The first kappa shape index (κ1) is 18.9. The molecule has 1 heterocycles. The molecular formula is C20H29N3O3. The molecule has 26 heavy (non-hydrogen) atoms. The van der Waals surface area contributed by atoms with Gasteiger partial charge in [0.25, 0.3) is 5.91 Å². The Hall–Kier alpha value is -1.92. The number of rotatable bonds is 5. The molecule has 0 radical (unpaired) electrons. The molecule has 0 bridgehead atoms. The van der Waals surface area contributed by atoms with E-state index in [4.69, 9.17) is 5.11 Å². The van der Waals surface area contributed by atoms with Crippen molar-refractivity contribution in [1.82, 2.24) is 15.1 Å². The summed E-state index contributed by atoms with van der Waals surface area (Å²) in [7, 11) is 2.15. The van der Waals surface area contributed by atoms with Crippen LogP contribution in [0.15, 0.2) is 24.3 Å². The minimum Gasteiger partial charge on any atom is -0.481 e. The number of benzene rings is 1. The molecule has 1 aliphatic carbocycles. The number of aliphatic carboxylic acids is 1. The predicted molar refractivity (Wildman–Crippen MR) is 100 cm³/mol. The van der Waals surface area contributed by atoms with Crippen LogP contribution in [0, 0.1) is 5.92 Å². The summed E-state index contributed by atoms with van der Waals surface area (Å²) < 4.78 is 0. The van der Waals surface area contributed by atoms with E-state index in [1.165, 1.54) is 5.56 Å². The third kappa shape index (κ3) is 5.05. The van der Waals surface area contributed by atoms with Crippen molar-refractivity contribution in [2.24, 2.45) is 5.92 Å². The van der Waals surface area contributed by atoms with E-state index in [-0.39, 0.29) is 17.9 Å². The average Bonchev–Trinajstić information content (AvgIpc) is 2.64. The zero-order chi connectivity index (χ0) is 18.5. The zero-order valence-electron chi connectivity index (χ0n) is 15.5. The van der Waals surface area contributed by atoms with Crippen molar-refractivity contribution in [3.8, 4) is 0 Å². The van der Waals surface area contributed by atoms with Gasteiger partial charge in [0.05, 0.1) is 5.92 Å². The lowest BCUT2D eigenvalue weighted by Crippen LogP contribution is -2.43. The smallest absolute Gasteiger partial charge is 0.306 e. The van der Waals surface area contributed by atoms with E-state index >= 15 is 0 Å². The van der Waals surface area contributed by atoms with Gasteiger partial charge in [0.15, 0.2) is 0 Å². The van der Waals surface area contributed by atoms with Crippen molar-refractivity contribution in [3.63, 3.8) is 0 Å². The van der Waals surface area contributed by atoms with Crippen molar-refractivity contribution in [1.29, 1.82) is 0 Å². The molecule has 2 aliphatic rings. The molecule has 1 aliphatic heterocycles. The first-order valence-corrected chi connectivity index (χ1v) is 9.55. The van der Waals surface area contributed by atoms with Gasteiger partial charge in [0, 0.05) is 44.3 Å². The predicted octanol–water partition coefficient (Wildman–Crippen LogP) is 1.81. The van der Waals surface area contributed by atoms with Crippen molar-refractivity contribution in [2.45, 2.75) is 38.3 Å². The summed E-state index contributed by atoms with van der Waals surface area (Å²) in [6.07, 6.45) is 2.77. The summed E-state index contributed by atoms with van der Waals surface area (Å²) in [6.45, 7) is 5.29. The number of hydrogen-bond donors (Lipinski definition) is 2. The van der Waals surface area contributed by atoms with Crippen LogP contribution in [0.1, 0.15) is 41.6 Å². The topological polar surface area (TPSA) is 72.9 Å². The van der Waals surface area contributed by atoms with Crippen LogP contribution in [0.2, 0.25) is 0 Å². The third-order valence-corrected chi connectivity index (χ3v) is 5.63. The molecule has 1 saturated carbocycles. The summed E-state index contributed by atoms with van der Waals surface area (Å²) in [5, 5.41) is 12.1. The van der Waals surface area contributed by atoms with E-state index in [1.807, 2.05) is 24.3 Å². The second kappa shape index (κ2) is 8.64. The number of nitrogens with zero attached hydrogens (tertiary/aromatic N) is 2. The van der Waals surface area contributed by atoms with Crippen LogP contribution in [-0.2, 0) is 11.3 Å². The second-order valence-electron chi connectivity index (χ2n) is 7.64. The van der Waals surface area contributed by atoms with Crippen LogP contribution < -0.4 is 5.32 Å². The highest BCUT2D eigenvalue weighted by molar-refractivity contribution is 5.94. The monoisotopic (exact) mass is 359 g/mol. The number of amides is 1. The average molecular weight is 359 g/mol. The molecule has 0 unspecified atom stereocenters. The molecule has 142 valence electrons. The van der Waals surface area contributed by atoms with E-state index in [9.17, 15) is 9.59 Å². The summed E-state index contributed by atoms with van der Waals surface area (Å²) in [6, 6.07) is 7.94. The number of carboxylic acid groups (broad SMARTS) is 1. The van der Waals surface area contributed by atoms with Gasteiger partial charge >= 0.3 is 5.97 Å². The molecule has 6 nitrogen and oxygen atoms in total. The van der Waals surface area contributed by atoms with Crippen molar-refractivity contribution in [3.05, 3.63) is 35.4 Å². The molecule has 6 heteroatoms. The van der Waals surface area contributed by atoms with Gasteiger partial charge in [-0.25, -0.2) is 0 Å². The van der Waals surface area contributed by atoms with E-state index < -0.39 is 5.97 Å². The summed E-state index contributed by atoms with van der Waals surface area (Å²) in [4.78, 5) is 28.2. The van der Waals surface area contributed by atoms with Gasteiger partial charge < -0.3 is 15.3 Å². The fourth-order valence-corrected chi connectivity index (χ4v) is 3.78. The SMILES string of the molecule is CN1CCN(Cc2ccc(C(=O)NC3CCC(C(=O)O)CC3)cc2)CC1. The molecule has 0 spiro atoms. The molecule has 2 N–H and O–H groups in total. The molecule has 1 amide bonds. The molecule has 1 aromatic carbocycles. The lowest BCUT2D eigenvalue weighted by Gasteiger charge is -2.32. The van der Waals surface area contributed by atoms with Crippen LogP contribution in [0.3, 0.4) is 0 Å². The van der Waals surface area contributed by atoms with Crippen molar-refractivity contribution in [2.75, 3.05) is 33.2 Å². The number of carbonyl (C=O) groups excluding carboxylic acids is 1. The Labute approximate surface area is 155 Å². The van der Waals surface area contributed by atoms with E-state index in [1.54, 1.807) is 0 Å². The summed E-state index contributed by atoms with van der Waals surface area (Å²) >= 11 is 0. The molecule has 0 atom stereocenters. The maximum atomic E-state index is 12.4.